The first-order valence-electron chi connectivity index (χ1n) is 5.14. The van der Waals surface area contributed by atoms with E-state index in [1.807, 2.05) is 0 Å². The molecule has 1 fully saturated rings. The maximum Gasteiger partial charge on any atom is 0.291 e. The van der Waals surface area contributed by atoms with Gasteiger partial charge in [-0.3, -0.25) is 4.79 Å². The summed E-state index contributed by atoms with van der Waals surface area (Å²) in [6, 6.07) is 0. The zero-order chi connectivity index (χ0) is 11.0. The van der Waals surface area contributed by atoms with E-state index < -0.39 is 0 Å². The molecular formula is C10H10N4O2. The summed E-state index contributed by atoms with van der Waals surface area (Å²) in [6.07, 6.45) is 3.38. The first-order valence-corrected chi connectivity index (χ1v) is 5.14. The van der Waals surface area contributed by atoms with Crippen molar-refractivity contribution in [3.63, 3.8) is 0 Å². The molecule has 0 spiro atoms. The van der Waals surface area contributed by atoms with Crippen molar-refractivity contribution in [2.45, 2.75) is 0 Å². The summed E-state index contributed by atoms with van der Waals surface area (Å²) in [5.41, 5.74) is 0.677. The van der Waals surface area contributed by atoms with Crippen LogP contribution < -0.4 is 0 Å². The van der Waals surface area contributed by atoms with Crippen LogP contribution in [-0.2, 0) is 9.53 Å². The SMILES string of the molecule is O=C(C1=NC2=NC=CC2=N1)N1CCOCC1. The summed E-state index contributed by atoms with van der Waals surface area (Å²) >= 11 is 0. The van der Waals surface area contributed by atoms with Gasteiger partial charge in [-0.2, -0.15) is 0 Å². The average Bonchev–Trinajstić information content (AvgIpc) is 2.89. The summed E-state index contributed by atoms with van der Waals surface area (Å²) in [5.74, 6) is 0.637. The molecule has 1 amide bonds. The van der Waals surface area contributed by atoms with Gasteiger partial charge in [0.1, 0.15) is 5.71 Å². The monoisotopic (exact) mass is 218 g/mol. The number of nitrogens with zero attached hydrogens (tertiary/aromatic N) is 4. The van der Waals surface area contributed by atoms with Crippen LogP contribution in [0.3, 0.4) is 0 Å². The van der Waals surface area contributed by atoms with Gasteiger partial charge in [0.15, 0.2) is 5.84 Å². The molecule has 0 radical (unpaired) electrons. The topological polar surface area (TPSA) is 66.6 Å². The lowest BCUT2D eigenvalue weighted by Gasteiger charge is -2.25. The van der Waals surface area contributed by atoms with E-state index in [0.29, 0.717) is 37.9 Å². The second-order valence-corrected chi connectivity index (χ2v) is 3.61. The molecule has 1 saturated heterocycles. The van der Waals surface area contributed by atoms with Crippen LogP contribution in [0.2, 0.25) is 0 Å². The largest absolute Gasteiger partial charge is 0.378 e. The number of amidine groups is 2. The Labute approximate surface area is 92.0 Å². The van der Waals surface area contributed by atoms with Crippen LogP contribution in [-0.4, -0.2) is 54.5 Å². The molecule has 3 heterocycles. The molecule has 0 aliphatic carbocycles. The molecule has 0 N–H and O–H groups in total. The number of morpholine rings is 1. The normalized spacial score (nSPS) is 22.8. The van der Waals surface area contributed by atoms with Gasteiger partial charge in [0.2, 0.25) is 5.84 Å². The van der Waals surface area contributed by atoms with Crippen molar-refractivity contribution in [3.8, 4) is 0 Å². The van der Waals surface area contributed by atoms with Crippen LogP contribution in [0.15, 0.2) is 27.3 Å². The Bertz CT molecular complexity index is 455. The van der Waals surface area contributed by atoms with Crippen LogP contribution >= 0.6 is 0 Å². The van der Waals surface area contributed by atoms with Gasteiger partial charge in [-0.15, -0.1) is 0 Å². The summed E-state index contributed by atoms with van der Waals surface area (Å²) in [6.45, 7) is 2.36. The molecule has 0 aromatic rings. The molecule has 0 aromatic heterocycles. The minimum absolute atomic E-state index is 0.138. The van der Waals surface area contributed by atoms with Crippen LogP contribution in [0.25, 0.3) is 0 Å². The molecule has 16 heavy (non-hydrogen) atoms. The molecule has 0 bridgehead atoms. The third-order valence-corrected chi connectivity index (χ3v) is 2.59. The molecule has 0 unspecified atom stereocenters. The van der Waals surface area contributed by atoms with E-state index in [-0.39, 0.29) is 11.7 Å². The van der Waals surface area contributed by atoms with Gasteiger partial charge in [-0.25, -0.2) is 15.0 Å². The van der Waals surface area contributed by atoms with Crippen molar-refractivity contribution in [1.82, 2.24) is 4.90 Å². The van der Waals surface area contributed by atoms with Crippen molar-refractivity contribution in [2.75, 3.05) is 26.3 Å². The average molecular weight is 218 g/mol. The molecule has 0 saturated carbocycles. The summed E-state index contributed by atoms with van der Waals surface area (Å²) in [4.78, 5) is 25.9. The third kappa shape index (κ3) is 1.47. The van der Waals surface area contributed by atoms with Gasteiger partial charge in [-0.05, 0) is 6.08 Å². The van der Waals surface area contributed by atoms with E-state index in [0.717, 1.165) is 0 Å². The number of ether oxygens (including phenoxy) is 1. The third-order valence-electron chi connectivity index (χ3n) is 2.59. The number of rotatable bonds is 1. The van der Waals surface area contributed by atoms with Crippen molar-refractivity contribution >= 4 is 23.3 Å². The zero-order valence-electron chi connectivity index (χ0n) is 8.59. The summed E-state index contributed by atoms with van der Waals surface area (Å²) in [5, 5.41) is 0. The molecule has 6 nitrogen and oxygen atoms in total. The number of carbonyl (C=O) groups excluding carboxylic acids is 1. The van der Waals surface area contributed by atoms with Gasteiger partial charge in [0, 0.05) is 19.3 Å². The fourth-order valence-electron chi connectivity index (χ4n) is 1.74. The summed E-state index contributed by atoms with van der Waals surface area (Å²) in [7, 11) is 0. The van der Waals surface area contributed by atoms with E-state index >= 15 is 0 Å². The maximum atomic E-state index is 12.0. The van der Waals surface area contributed by atoms with E-state index in [1.54, 1.807) is 17.2 Å². The van der Waals surface area contributed by atoms with Gasteiger partial charge in [0.05, 0.1) is 13.2 Å². The lowest BCUT2D eigenvalue weighted by Crippen LogP contribution is -2.43. The van der Waals surface area contributed by atoms with E-state index in [1.165, 1.54) is 0 Å². The number of aliphatic imine (C=N–C) groups is 3. The smallest absolute Gasteiger partial charge is 0.291 e. The Morgan fingerprint density at radius 1 is 1.31 bits per heavy atom. The minimum Gasteiger partial charge on any atom is -0.378 e. The standard InChI is InChI=1S/C10H10N4O2/c15-10(14-3-5-16-6-4-14)9-12-7-1-2-11-8(7)13-9/h1-2H,3-6H2. The highest BCUT2D eigenvalue weighted by molar-refractivity contribution is 6.59. The van der Waals surface area contributed by atoms with Crippen LogP contribution in [0.5, 0.6) is 0 Å². The minimum atomic E-state index is -0.138. The fourth-order valence-corrected chi connectivity index (χ4v) is 1.74. The zero-order valence-corrected chi connectivity index (χ0v) is 8.59. The van der Waals surface area contributed by atoms with Crippen molar-refractivity contribution in [2.24, 2.45) is 15.0 Å². The number of hydrogen-bond acceptors (Lipinski definition) is 5. The molecule has 6 heteroatoms. The highest BCUT2D eigenvalue weighted by Crippen LogP contribution is 2.10. The lowest BCUT2D eigenvalue weighted by molar-refractivity contribution is -0.128. The second kappa shape index (κ2) is 3.64. The maximum absolute atomic E-state index is 12.0. The van der Waals surface area contributed by atoms with Crippen LogP contribution in [0, 0.1) is 0 Å². The molecule has 3 aliphatic heterocycles. The Balaban J connectivity index is 1.77. The number of hydrogen-bond donors (Lipinski definition) is 0. The Morgan fingerprint density at radius 2 is 2.12 bits per heavy atom. The van der Waals surface area contributed by atoms with Crippen molar-refractivity contribution in [1.29, 1.82) is 0 Å². The van der Waals surface area contributed by atoms with Crippen LogP contribution in [0.1, 0.15) is 0 Å². The van der Waals surface area contributed by atoms with Crippen molar-refractivity contribution < 1.29 is 9.53 Å². The van der Waals surface area contributed by atoms with Gasteiger partial charge in [0.25, 0.3) is 5.91 Å². The first kappa shape index (κ1) is 9.41. The highest BCUT2D eigenvalue weighted by atomic mass is 16.5. The fraction of sp³-hybridized carbons (Fsp3) is 0.400. The van der Waals surface area contributed by atoms with Gasteiger partial charge < -0.3 is 9.64 Å². The lowest BCUT2D eigenvalue weighted by atomic mass is 10.4. The molecular weight excluding hydrogens is 208 g/mol. The van der Waals surface area contributed by atoms with Crippen molar-refractivity contribution in [3.05, 3.63) is 12.3 Å². The van der Waals surface area contributed by atoms with Gasteiger partial charge >= 0.3 is 0 Å². The highest BCUT2D eigenvalue weighted by Gasteiger charge is 2.27. The quantitative estimate of drug-likeness (QED) is 0.602. The second-order valence-electron chi connectivity index (χ2n) is 3.61. The Morgan fingerprint density at radius 3 is 2.88 bits per heavy atom. The summed E-state index contributed by atoms with van der Waals surface area (Å²) < 4.78 is 5.18. The van der Waals surface area contributed by atoms with Gasteiger partial charge in [-0.1, -0.05) is 0 Å². The molecule has 0 atom stereocenters. The van der Waals surface area contributed by atoms with E-state index in [9.17, 15) is 4.79 Å². The molecule has 0 aromatic carbocycles. The Hall–Kier alpha value is -1.82. The predicted molar refractivity (Wildman–Crippen MR) is 58.8 cm³/mol. The molecule has 3 rings (SSSR count). The van der Waals surface area contributed by atoms with E-state index in [4.69, 9.17) is 4.74 Å². The number of carbonyl (C=O) groups is 1. The first-order chi connectivity index (χ1) is 7.84. The predicted octanol–water partition coefficient (Wildman–Crippen LogP) is -0.376. The van der Waals surface area contributed by atoms with Crippen LogP contribution in [0.4, 0.5) is 0 Å². The molecule has 3 aliphatic rings. The number of fused-ring (bicyclic) bond motifs is 1. The van der Waals surface area contributed by atoms with E-state index in [2.05, 4.69) is 15.0 Å². The molecule has 82 valence electrons. The Kier molecular flexibility index (Phi) is 2.14. The number of amides is 1.